The number of amides is 1. The predicted molar refractivity (Wildman–Crippen MR) is 95.1 cm³/mol. The lowest BCUT2D eigenvalue weighted by molar-refractivity contribution is 0.0949. The molecule has 0 saturated heterocycles. The van der Waals surface area contributed by atoms with Gasteiger partial charge in [0.1, 0.15) is 12.7 Å². The Bertz CT molecular complexity index is 865. The van der Waals surface area contributed by atoms with Crippen molar-refractivity contribution in [2.24, 2.45) is 0 Å². The van der Waals surface area contributed by atoms with Crippen molar-refractivity contribution in [3.05, 3.63) is 48.3 Å². The van der Waals surface area contributed by atoms with Crippen molar-refractivity contribution in [2.45, 2.75) is 44.7 Å². The van der Waals surface area contributed by atoms with Crippen LogP contribution in [0.2, 0.25) is 0 Å². The number of benzene rings is 1. The molecule has 0 aliphatic heterocycles. The molecule has 1 amide bonds. The number of carbonyl (C=O) groups excluding carboxylic acids is 1. The lowest BCUT2D eigenvalue weighted by atomic mass is 9.95. The fourth-order valence-electron chi connectivity index (χ4n) is 3.53. The number of nitrogens with one attached hydrogen (secondary N) is 2. The molecule has 0 radical (unpaired) electrons. The molecule has 134 valence electrons. The highest BCUT2D eigenvalue weighted by atomic mass is 16.1. The van der Waals surface area contributed by atoms with Crippen LogP contribution in [0.5, 0.6) is 0 Å². The average Bonchev–Trinajstić information content (AvgIpc) is 3.39. The summed E-state index contributed by atoms with van der Waals surface area (Å²) in [5.74, 6) is 1.19. The van der Waals surface area contributed by atoms with E-state index >= 15 is 0 Å². The van der Waals surface area contributed by atoms with E-state index in [2.05, 4.69) is 35.3 Å². The van der Waals surface area contributed by atoms with Gasteiger partial charge in [-0.3, -0.25) is 9.89 Å². The van der Waals surface area contributed by atoms with Gasteiger partial charge in [-0.15, -0.1) is 10.2 Å². The van der Waals surface area contributed by atoms with Crippen molar-refractivity contribution in [3.63, 3.8) is 0 Å². The molecule has 3 aromatic rings. The van der Waals surface area contributed by atoms with E-state index in [4.69, 9.17) is 0 Å². The molecule has 0 atom stereocenters. The maximum absolute atomic E-state index is 12.7. The Morgan fingerprint density at radius 2 is 2.08 bits per heavy atom. The molecule has 0 bridgehead atoms. The van der Waals surface area contributed by atoms with Crippen LogP contribution >= 0.6 is 0 Å². The molecule has 1 aromatic carbocycles. The number of hydrogen-bond donors (Lipinski definition) is 2. The van der Waals surface area contributed by atoms with Crippen LogP contribution in [0.4, 0.5) is 0 Å². The molecule has 2 heterocycles. The number of nitrogens with zero attached hydrogens (tertiary/aromatic N) is 5. The summed E-state index contributed by atoms with van der Waals surface area (Å²) in [6.45, 7) is 0.347. The zero-order valence-corrected chi connectivity index (χ0v) is 14.4. The van der Waals surface area contributed by atoms with Crippen LogP contribution in [-0.4, -0.2) is 35.9 Å². The van der Waals surface area contributed by atoms with Gasteiger partial charge in [0.15, 0.2) is 11.6 Å². The van der Waals surface area contributed by atoms with Crippen LogP contribution in [0.15, 0.2) is 36.9 Å². The summed E-state index contributed by atoms with van der Waals surface area (Å²) >= 11 is 0. The lowest BCUT2D eigenvalue weighted by Gasteiger charge is -2.24. The standard InChI is InChI=1S/C18H21N7O/c26-18(15-9-5-4-8-14(15)17-20-11-21-24-17)19-10-16-23-22-12-25(16)13-6-2-1-3-7-13/h4-5,8-9,11-13H,1-3,6-7,10H2,(H,19,26)(H,20,21,24). The Hall–Kier alpha value is -3.03. The lowest BCUT2D eigenvalue weighted by Crippen LogP contribution is -2.26. The van der Waals surface area contributed by atoms with Crippen molar-refractivity contribution >= 4 is 5.91 Å². The molecule has 1 aliphatic rings. The van der Waals surface area contributed by atoms with Crippen molar-refractivity contribution < 1.29 is 4.79 Å². The second kappa shape index (κ2) is 7.47. The van der Waals surface area contributed by atoms with Crippen LogP contribution in [-0.2, 0) is 6.54 Å². The largest absolute Gasteiger partial charge is 0.345 e. The minimum absolute atomic E-state index is 0.171. The quantitative estimate of drug-likeness (QED) is 0.735. The van der Waals surface area contributed by atoms with Gasteiger partial charge in [-0.2, -0.15) is 5.10 Å². The molecule has 8 nitrogen and oxygen atoms in total. The molecule has 2 N–H and O–H groups in total. The Morgan fingerprint density at radius 1 is 1.23 bits per heavy atom. The van der Waals surface area contributed by atoms with Crippen LogP contribution in [0, 0.1) is 0 Å². The second-order valence-electron chi connectivity index (χ2n) is 6.51. The first-order chi connectivity index (χ1) is 12.8. The van der Waals surface area contributed by atoms with E-state index in [1.165, 1.54) is 25.6 Å². The van der Waals surface area contributed by atoms with Gasteiger partial charge < -0.3 is 9.88 Å². The first kappa shape index (κ1) is 16.4. The van der Waals surface area contributed by atoms with Crippen molar-refractivity contribution in [1.82, 2.24) is 35.3 Å². The van der Waals surface area contributed by atoms with Gasteiger partial charge in [0, 0.05) is 11.6 Å². The Balaban J connectivity index is 1.48. The topological polar surface area (TPSA) is 101 Å². The molecule has 2 aromatic heterocycles. The van der Waals surface area contributed by atoms with Crippen molar-refractivity contribution in [2.75, 3.05) is 0 Å². The van der Waals surface area contributed by atoms with Crippen LogP contribution in [0.3, 0.4) is 0 Å². The fourth-order valence-corrected chi connectivity index (χ4v) is 3.53. The summed E-state index contributed by atoms with van der Waals surface area (Å²) in [5, 5.41) is 17.9. The number of hydrogen-bond acceptors (Lipinski definition) is 5. The van der Waals surface area contributed by atoms with Gasteiger partial charge in [0.05, 0.1) is 12.1 Å². The van der Waals surface area contributed by atoms with Crippen LogP contribution < -0.4 is 5.32 Å². The van der Waals surface area contributed by atoms with Crippen molar-refractivity contribution in [1.29, 1.82) is 0 Å². The number of carbonyl (C=O) groups is 1. The first-order valence-electron chi connectivity index (χ1n) is 8.94. The van der Waals surface area contributed by atoms with Crippen molar-refractivity contribution in [3.8, 4) is 11.4 Å². The van der Waals surface area contributed by atoms with Gasteiger partial charge in [0.25, 0.3) is 5.91 Å². The molecule has 1 fully saturated rings. The van der Waals surface area contributed by atoms with Gasteiger partial charge in [0.2, 0.25) is 0 Å². The van der Waals surface area contributed by atoms with E-state index in [-0.39, 0.29) is 5.91 Å². The SMILES string of the molecule is O=C(NCc1nncn1C1CCCCC1)c1ccccc1-c1ncn[nH]1. The molecule has 8 heteroatoms. The summed E-state index contributed by atoms with van der Waals surface area (Å²) in [5.41, 5.74) is 1.27. The zero-order chi connectivity index (χ0) is 17.8. The van der Waals surface area contributed by atoms with Gasteiger partial charge >= 0.3 is 0 Å². The monoisotopic (exact) mass is 351 g/mol. The third-order valence-electron chi connectivity index (χ3n) is 4.86. The first-order valence-corrected chi connectivity index (χ1v) is 8.94. The predicted octanol–water partition coefficient (Wildman–Crippen LogP) is 2.50. The highest BCUT2D eigenvalue weighted by molar-refractivity contribution is 6.00. The minimum Gasteiger partial charge on any atom is -0.345 e. The zero-order valence-electron chi connectivity index (χ0n) is 14.4. The van der Waals surface area contributed by atoms with Crippen LogP contribution in [0.1, 0.15) is 54.3 Å². The van der Waals surface area contributed by atoms with E-state index in [0.29, 0.717) is 24.0 Å². The Labute approximate surface area is 151 Å². The van der Waals surface area contributed by atoms with E-state index in [1.807, 2.05) is 18.2 Å². The van der Waals surface area contributed by atoms with E-state index in [9.17, 15) is 4.79 Å². The maximum atomic E-state index is 12.7. The maximum Gasteiger partial charge on any atom is 0.252 e. The summed E-state index contributed by atoms with van der Waals surface area (Å²) in [4.78, 5) is 16.9. The number of H-pyrrole nitrogens is 1. The molecular formula is C18H21N7O. The van der Waals surface area contributed by atoms with Gasteiger partial charge in [-0.1, -0.05) is 37.5 Å². The number of aromatic nitrogens is 6. The smallest absolute Gasteiger partial charge is 0.252 e. The summed E-state index contributed by atoms with van der Waals surface area (Å²) in [6, 6.07) is 7.76. The van der Waals surface area contributed by atoms with E-state index in [1.54, 1.807) is 12.4 Å². The molecule has 26 heavy (non-hydrogen) atoms. The van der Waals surface area contributed by atoms with E-state index in [0.717, 1.165) is 24.2 Å². The molecule has 4 rings (SSSR count). The minimum atomic E-state index is -0.171. The Kier molecular flexibility index (Phi) is 4.72. The number of aromatic amines is 1. The normalized spacial score (nSPS) is 15.1. The molecular weight excluding hydrogens is 330 g/mol. The summed E-state index contributed by atoms with van der Waals surface area (Å²) in [7, 11) is 0. The Morgan fingerprint density at radius 3 is 2.88 bits per heavy atom. The summed E-state index contributed by atoms with van der Waals surface area (Å²) in [6.07, 6.45) is 9.26. The van der Waals surface area contributed by atoms with E-state index < -0.39 is 0 Å². The average molecular weight is 351 g/mol. The third-order valence-corrected chi connectivity index (χ3v) is 4.86. The van der Waals surface area contributed by atoms with Gasteiger partial charge in [-0.25, -0.2) is 4.98 Å². The third kappa shape index (κ3) is 3.35. The summed E-state index contributed by atoms with van der Waals surface area (Å²) < 4.78 is 2.11. The second-order valence-corrected chi connectivity index (χ2v) is 6.51. The molecule has 0 unspecified atom stereocenters. The van der Waals surface area contributed by atoms with Gasteiger partial charge in [-0.05, 0) is 18.9 Å². The van der Waals surface area contributed by atoms with Crippen LogP contribution in [0.25, 0.3) is 11.4 Å². The fraction of sp³-hybridized carbons (Fsp3) is 0.389. The highest BCUT2D eigenvalue weighted by Gasteiger charge is 2.19. The molecule has 1 aliphatic carbocycles. The number of rotatable bonds is 5. The molecule has 0 spiro atoms. The molecule has 1 saturated carbocycles. The highest BCUT2D eigenvalue weighted by Crippen LogP contribution is 2.28.